The van der Waals surface area contributed by atoms with Gasteiger partial charge in [-0.1, -0.05) is 18.7 Å². The Labute approximate surface area is 88.3 Å². The number of methoxy groups -OCH3 is 1. The monoisotopic (exact) mass is 204 g/mol. The second-order valence-corrected chi connectivity index (χ2v) is 2.93. The Bertz CT molecular complexity index is 388. The van der Waals surface area contributed by atoms with Crippen molar-refractivity contribution in [3.05, 3.63) is 48.6 Å². The maximum Gasteiger partial charge on any atom is 0.328 e. The lowest BCUT2D eigenvalue weighted by Gasteiger charge is -2.02. The number of carbonyl (C=O) groups is 1. The van der Waals surface area contributed by atoms with Gasteiger partial charge in [-0.25, -0.2) is 4.79 Å². The fraction of sp³-hybridized carbons (Fsp3) is 0.0833. The zero-order valence-corrected chi connectivity index (χ0v) is 8.43. The molecule has 15 heavy (non-hydrogen) atoms. The fourth-order valence-electron chi connectivity index (χ4n) is 1.07. The topological polar surface area (TPSA) is 46.5 Å². The Morgan fingerprint density at radius 3 is 2.40 bits per heavy atom. The molecule has 0 aliphatic heterocycles. The average molecular weight is 204 g/mol. The molecule has 0 aliphatic rings. The summed E-state index contributed by atoms with van der Waals surface area (Å²) < 4.78 is 5.01. The number of benzene rings is 1. The van der Waals surface area contributed by atoms with Crippen molar-refractivity contribution in [2.75, 3.05) is 7.11 Å². The highest BCUT2D eigenvalue weighted by Gasteiger charge is 1.96. The molecule has 3 heteroatoms. The van der Waals surface area contributed by atoms with Crippen LogP contribution >= 0.6 is 0 Å². The van der Waals surface area contributed by atoms with E-state index >= 15 is 0 Å². The van der Waals surface area contributed by atoms with Gasteiger partial charge in [-0.2, -0.15) is 0 Å². The van der Waals surface area contributed by atoms with Crippen LogP contribution in [0.2, 0.25) is 0 Å². The minimum absolute atomic E-state index is 0.653. The van der Waals surface area contributed by atoms with Crippen molar-refractivity contribution in [1.29, 1.82) is 0 Å². The number of allylic oxidation sites excluding steroid dienone is 2. The summed E-state index contributed by atoms with van der Waals surface area (Å²) in [4.78, 5) is 10.3. The summed E-state index contributed by atoms with van der Waals surface area (Å²) in [5.41, 5.74) is 1.52. The third-order valence-corrected chi connectivity index (χ3v) is 1.89. The molecule has 1 aromatic rings. The summed E-state index contributed by atoms with van der Waals surface area (Å²) >= 11 is 0. The second kappa shape index (κ2) is 5.00. The normalized spacial score (nSPS) is 10.2. The molecule has 78 valence electrons. The maximum absolute atomic E-state index is 10.3. The first kappa shape index (κ1) is 11.0. The van der Waals surface area contributed by atoms with Crippen LogP contribution in [-0.2, 0) is 4.79 Å². The number of aliphatic carboxylic acids is 1. The van der Waals surface area contributed by atoms with E-state index in [2.05, 4.69) is 6.58 Å². The standard InChI is InChI=1S/C12H12O3/c1-9(3-8-12(13)14)10-4-6-11(15-2)7-5-10/h3-8H,1H2,2H3,(H,13,14)/b8-3+. The summed E-state index contributed by atoms with van der Waals surface area (Å²) in [6.07, 6.45) is 2.52. The molecule has 0 bridgehead atoms. The van der Waals surface area contributed by atoms with Gasteiger partial charge in [0.15, 0.2) is 0 Å². The van der Waals surface area contributed by atoms with Crippen molar-refractivity contribution in [1.82, 2.24) is 0 Å². The number of carboxylic acids is 1. The third kappa shape index (κ3) is 3.31. The van der Waals surface area contributed by atoms with Gasteiger partial charge in [0.25, 0.3) is 0 Å². The van der Waals surface area contributed by atoms with Crippen LogP contribution in [0.5, 0.6) is 5.75 Å². The molecule has 0 radical (unpaired) electrons. The van der Waals surface area contributed by atoms with Crippen LogP contribution in [0.25, 0.3) is 5.57 Å². The molecule has 1 N–H and O–H groups in total. The van der Waals surface area contributed by atoms with Gasteiger partial charge >= 0.3 is 5.97 Å². The molecule has 0 aromatic heterocycles. The summed E-state index contributed by atoms with van der Waals surface area (Å²) in [5.74, 6) is -0.224. The molecule has 0 spiro atoms. The van der Waals surface area contributed by atoms with E-state index in [9.17, 15) is 4.79 Å². The summed E-state index contributed by atoms with van der Waals surface area (Å²) in [5, 5.41) is 8.44. The Hall–Kier alpha value is -2.03. The predicted octanol–water partition coefficient (Wildman–Crippen LogP) is 2.35. The van der Waals surface area contributed by atoms with Crippen molar-refractivity contribution < 1.29 is 14.6 Å². The van der Waals surface area contributed by atoms with Gasteiger partial charge in [-0.05, 0) is 29.3 Å². The highest BCUT2D eigenvalue weighted by atomic mass is 16.5. The average Bonchev–Trinajstić information content (AvgIpc) is 2.26. The van der Waals surface area contributed by atoms with Gasteiger partial charge in [-0.15, -0.1) is 0 Å². The van der Waals surface area contributed by atoms with E-state index in [1.807, 2.05) is 12.1 Å². The fourth-order valence-corrected chi connectivity index (χ4v) is 1.07. The van der Waals surface area contributed by atoms with Gasteiger partial charge in [0.1, 0.15) is 5.75 Å². The van der Waals surface area contributed by atoms with Crippen molar-refractivity contribution in [2.24, 2.45) is 0 Å². The van der Waals surface area contributed by atoms with Gasteiger partial charge in [0.05, 0.1) is 7.11 Å². The summed E-state index contributed by atoms with van der Waals surface area (Å²) in [6, 6.07) is 7.25. The van der Waals surface area contributed by atoms with Crippen LogP contribution in [0.3, 0.4) is 0 Å². The van der Waals surface area contributed by atoms with Crippen LogP contribution in [0.4, 0.5) is 0 Å². The number of carboxylic acid groups (broad SMARTS) is 1. The van der Waals surface area contributed by atoms with Gasteiger partial charge in [-0.3, -0.25) is 0 Å². The largest absolute Gasteiger partial charge is 0.497 e. The number of hydrogen-bond acceptors (Lipinski definition) is 2. The van der Waals surface area contributed by atoms with E-state index in [-0.39, 0.29) is 0 Å². The zero-order chi connectivity index (χ0) is 11.3. The first-order valence-corrected chi connectivity index (χ1v) is 4.38. The summed E-state index contributed by atoms with van der Waals surface area (Å²) in [6.45, 7) is 3.76. The SMILES string of the molecule is C=C(/C=C/C(=O)O)c1ccc(OC)cc1. The molecule has 1 rings (SSSR count). The third-order valence-electron chi connectivity index (χ3n) is 1.89. The van der Waals surface area contributed by atoms with Gasteiger partial charge in [0, 0.05) is 6.08 Å². The predicted molar refractivity (Wildman–Crippen MR) is 58.8 cm³/mol. The quantitative estimate of drug-likeness (QED) is 0.605. The van der Waals surface area contributed by atoms with Crippen LogP contribution in [0.1, 0.15) is 5.56 Å². The van der Waals surface area contributed by atoms with Crippen LogP contribution in [-0.4, -0.2) is 18.2 Å². The minimum atomic E-state index is -0.982. The molecule has 1 aromatic carbocycles. The molecule has 0 amide bonds. The van der Waals surface area contributed by atoms with Crippen LogP contribution < -0.4 is 4.74 Å². The lowest BCUT2D eigenvalue weighted by molar-refractivity contribution is -0.131. The van der Waals surface area contributed by atoms with Crippen LogP contribution in [0.15, 0.2) is 43.0 Å². The van der Waals surface area contributed by atoms with Crippen molar-refractivity contribution in [2.45, 2.75) is 0 Å². The molecule has 0 saturated heterocycles. The van der Waals surface area contributed by atoms with E-state index in [1.54, 1.807) is 19.2 Å². The molecular formula is C12H12O3. The smallest absolute Gasteiger partial charge is 0.328 e. The second-order valence-electron chi connectivity index (χ2n) is 2.93. The zero-order valence-electron chi connectivity index (χ0n) is 8.43. The van der Waals surface area contributed by atoms with Crippen molar-refractivity contribution in [3.8, 4) is 5.75 Å². The molecule has 3 nitrogen and oxygen atoms in total. The number of ether oxygens (including phenoxy) is 1. The Morgan fingerprint density at radius 1 is 1.33 bits per heavy atom. The lowest BCUT2D eigenvalue weighted by atomic mass is 10.1. The van der Waals surface area contributed by atoms with Gasteiger partial charge < -0.3 is 9.84 Å². The molecule has 0 heterocycles. The molecular weight excluding hydrogens is 192 g/mol. The molecule has 0 atom stereocenters. The molecule has 0 aliphatic carbocycles. The van der Waals surface area contributed by atoms with Gasteiger partial charge in [0.2, 0.25) is 0 Å². The van der Waals surface area contributed by atoms with E-state index in [0.29, 0.717) is 5.57 Å². The highest BCUT2D eigenvalue weighted by Crippen LogP contribution is 2.17. The Kier molecular flexibility index (Phi) is 3.68. The van der Waals surface area contributed by atoms with E-state index in [1.165, 1.54) is 6.08 Å². The van der Waals surface area contributed by atoms with E-state index in [4.69, 9.17) is 9.84 Å². The molecule has 0 saturated carbocycles. The maximum atomic E-state index is 10.3. The Morgan fingerprint density at radius 2 is 1.93 bits per heavy atom. The van der Waals surface area contributed by atoms with E-state index < -0.39 is 5.97 Å². The molecule has 0 unspecified atom stereocenters. The van der Waals surface area contributed by atoms with Crippen molar-refractivity contribution in [3.63, 3.8) is 0 Å². The van der Waals surface area contributed by atoms with Crippen molar-refractivity contribution >= 4 is 11.5 Å². The first-order chi connectivity index (χ1) is 7.13. The lowest BCUT2D eigenvalue weighted by Crippen LogP contribution is -1.87. The number of rotatable bonds is 4. The van der Waals surface area contributed by atoms with Crippen LogP contribution in [0, 0.1) is 0 Å². The number of hydrogen-bond donors (Lipinski definition) is 1. The minimum Gasteiger partial charge on any atom is -0.497 e. The first-order valence-electron chi connectivity index (χ1n) is 4.38. The summed E-state index contributed by atoms with van der Waals surface area (Å²) in [7, 11) is 1.59. The van der Waals surface area contributed by atoms with E-state index in [0.717, 1.165) is 17.4 Å². The molecule has 0 fully saturated rings. The Balaban J connectivity index is 2.79. The highest BCUT2D eigenvalue weighted by molar-refractivity contribution is 5.85.